The molecule has 0 bridgehead atoms. The van der Waals surface area contributed by atoms with Gasteiger partial charge in [0.2, 0.25) is 0 Å². The van der Waals surface area contributed by atoms with Crippen LogP contribution in [-0.2, 0) is 10.3 Å². The fourth-order valence-electron chi connectivity index (χ4n) is 4.18. The Hall–Kier alpha value is -2.89. The zero-order valence-electron chi connectivity index (χ0n) is 15.9. The lowest BCUT2D eigenvalue weighted by Gasteiger charge is -2.22. The fourth-order valence-corrected chi connectivity index (χ4v) is 4.18. The lowest BCUT2D eigenvalue weighted by atomic mass is 9.84. The van der Waals surface area contributed by atoms with Crippen LogP contribution >= 0.6 is 0 Å². The number of Topliss-reactive ketones (excluding diaryl/α,β-unsaturated/α-hetero) is 1. The highest BCUT2D eigenvalue weighted by Gasteiger charge is 2.51. The van der Waals surface area contributed by atoms with Gasteiger partial charge in [-0.1, -0.05) is 43.5 Å². The highest BCUT2D eigenvalue weighted by molar-refractivity contribution is 6.11. The van der Waals surface area contributed by atoms with E-state index >= 15 is 0 Å². The van der Waals surface area contributed by atoms with Gasteiger partial charge in [-0.25, -0.2) is 4.79 Å². The number of furan rings is 1. The molecule has 1 atom stereocenters. The van der Waals surface area contributed by atoms with Gasteiger partial charge in [-0.15, -0.1) is 0 Å². The van der Waals surface area contributed by atoms with Crippen molar-refractivity contribution in [2.24, 2.45) is 0 Å². The molecule has 2 fully saturated rings. The second-order valence-electron chi connectivity index (χ2n) is 7.80. The van der Waals surface area contributed by atoms with Crippen LogP contribution in [0, 0.1) is 0 Å². The number of benzene rings is 1. The van der Waals surface area contributed by atoms with Crippen molar-refractivity contribution in [1.29, 1.82) is 0 Å². The first-order valence-electron chi connectivity index (χ1n) is 9.80. The van der Waals surface area contributed by atoms with Crippen LogP contribution in [0.3, 0.4) is 0 Å². The Labute approximate surface area is 163 Å². The zero-order chi connectivity index (χ0) is 19.7. The molecule has 3 amide bonds. The quantitative estimate of drug-likeness (QED) is 0.629. The summed E-state index contributed by atoms with van der Waals surface area (Å²) < 4.78 is 5.30. The molecule has 1 aromatic carbocycles. The highest BCUT2D eigenvalue weighted by Crippen LogP contribution is 2.33. The number of hydrogen-bond donors (Lipinski definition) is 1. The Morgan fingerprint density at radius 3 is 2.50 bits per heavy atom. The van der Waals surface area contributed by atoms with Crippen LogP contribution < -0.4 is 5.32 Å². The zero-order valence-corrected chi connectivity index (χ0v) is 15.9. The number of ketones is 1. The van der Waals surface area contributed by atoms with E-state index in [1.807, 2.05) is 12.1 Å². The van der Waals surface area contributed by atoms with E-state index in [4.69, 9.17) is 4.42 Å². The Balaban J connectivity index is 1.46. The predicted octanol–water partition coefficient (Wildman–Crippen LogP) is 3.98. The predicted molar refractivity (Wildman–Crippen MR) is 103 cm³/mol. The van der Waals surface area contributed by atoms with Crippen molar-refractivity contribution >= 4 is 17.7 Å². The van der Waals surface area contributed by atoms with Gasteiger partial charge in [-0.2, -0.15) is 0 Å². The summed E-state index contributed by atoms with van der Waals surface area (Å²) in [5.41, 5.74) is 0.481. The molecule has 0 spiro atoms. The van der Waals surface area contributed by atoms with Crippen molar-refractivity contribution in [2.45, 2.75) is 50.5 Å². The maximum absolute atomic E-state index is 12.8. The number of rotatable bonds is 5. The summed E-state index contributed by atoms with van der Waals surface area (Å²) >= 11 is 0. The van der Waals surface area contributed by atoms with E-state index in [1.54, 1.807) is 31.2 Å². The van der Waals surface area contributed by atoms with Crippen LogP contribution in [0.2, 0.25) is 0 Å². The number of imide groups is 1. The molecule has 0 radical (unpaired) electrons. The average molecular weight is 380 g/mol. The Kier molecular flexibility index (Phi) is 4.79. The molecule has 146 valence electrons. The molecule has 2 aromatic rings. The maximum Gasteiger partial charge on any atom is 0.325 e. The topological polar surface area (TPSA) is 79.6 Å². The minimum Gasteiger partial charge on any atom is -0.466 e. The third-order valence-corrected chi connectivity index (χ3v) is 5.90. The molecule has 6 nitrogen and oxygen atoms in total. The number of urea groups is 1. The lowest BCUT2D eigenvalue weighted by Crippen LogP contribution is -2.41. The van der Waals surface area contributed by atoms with E-state index in [9.17, 15) is 14.4 Å². The summed E-state index contributed by atoms with van der Waals surface area (Å²) in [5.74, 6) is 0.164. The summed E-state index contributed by atoms with van der Waals surface area (Å²) in [4.78, 5) is 38.8. The fraction of sp³-hybridized carbons (Fsp3) is 0.409. The summed E-state index contributed by atoms with van der Waals surface area (Å²) in [5, 5.41) is 2.63. The molecular formula is C22H24N2O4. The largest absolute Gasteiger partial charge is 0.466 e. The second-order valence-corrected chi connectivity index (χ2v) is 7.80. The number of nitrogens with one attached hydrogen (secondary N) is 1. The standard InChI is InChI=1S/C22H24N2O4/c1-22(19-8-5-13-28-19)20(26)24(21(27)23-22)14-18(25)17-11-9-16(10-12-17)15-6-3-2-4-7-15/h5,8-13,15H,2-4,6-7,14H2,1H3,(H,23,27). The van der Waals surface area contributed by atoms with E-state index in [-0.39, 0.29) is 12.3 Å². The second kappa shape index (κ2) is 7.26. The van der Waals surface area contributed by atoms with E-state index in [2.05, 4.69) is 5.32 Å². The molecular weight excluding hydrogens is 356 g/mol. The van der Waals surface area contributed by atoms with E-state index in [1.165, 1.54) is 43.9 Å². The van der Waals surface area contributed by atoms with Crippen LogP contribution in [0.1, 0.15) is 66.6 Å². The van der Waals surface area contributed by atoms with Crippen molar-refractivity contribution in [1.82, 2.24) is 10.2 Å². The van der Waals surface area contributed by atoms with Crippen molar-refractivity contribution in [3.63, 3.8) is 0 Å². The summed E-state index contributed by atoms with van der Waals surface area (Å²) in [7, 11) is 0. The molecule has 1 saturated heterocycles. The van der Waals surface area contributed by atoms with Crippen LogP contribution in [0.4, 0.5) is 4.79 Å². The Bertz CT molecular complexity index is 882. The number of carbonyl (C=O) groups is 3. The molecule has 2 heterocycles. The van der Waals surface area contributed by atoms with Crippen LogP contribution in [0.15, 0.2) is 47.1 Å². The molecule has 1 saturated carbocycles. The molecule has 1 N–H and O–H groups in total. The monoisotopic (exact) mass is 380 g/mol. The first kappa shape index (κ1) is 18.5. The van der Waals surface area contributed by atoms with Crippen LogP contribution in [0.5, 0.6) is 0 Å². The van der Waals surface area contributed by atoms with Gasteiger partial charge in [-0.05, 0) is 43.4 Å². The van der Waals surface area contributed by atoms with E-state index in [0.29, 0.717) is 17.2 Å². The number of hydrogen-bond acceptors (Lipinski definition) is 4. The van der Waals surface area contributed by atoms with Gasteiger partial charge in [0.1, 0.15) is 5.76 Å². The summed E-state index contributed by atoms with van der Waals surface area (Å²) in [6.07, 6.45) is 7.65. The highest BCUT2D eigenvalue weighted by atomic mass is 16.3. The van der Waals surface area contributed by atoms with E-state index < -0.39 is 17.5 Å². The van der Waals surface area contributed by atoms with Gasteiger partial charge >= 0.3 is 6.03 Å². The first-order chi connectivity index (χ1) is 13.5. The molecule has 28 heavy (non-hydrogen) atoms. The minimum atomic E-state index is -1.29. The van der Waals surface area contributed by atoms with Crippen molar-refractivity contribution < 1.29 is 18.8 Å². The van der Waals surface area contributed by atoms with Gasteiger partial charge in [0.25, 0.3) is 5.91 Å². The van der Waals surface area contributed by atoms with Gasteiger partial charge in [-0.3, -0.25) is 14.5 Å². The van der Waals surface area contributed by atoms with Gasteiger partial charge in [0.15, 0.2) is 11.3 Å². The van der Waals surface area contributed by atoms with Crippen molar-refractivity contribution in [3.8, 4) is 0 Å². The Morgan fingerprint density at radius 1 is 1.14 bits per heavy atom. The molecule has 2 aliphatic rings. The van der Waals surface area contributed by atoms with Crippen LogP contribution in [0.25, 0.3) is 0 Å². The molecule has 1 aliphatic heterocycles. The third-order valence-electron chi connectivity index (χ3n) is 5.90. The third kappa shape index (κ3) is 3.23. The van der Waals surface area contributed by atoms with Gasteiger partial charge < -0.3 is 9.73 Å². The van der Waals surface area contributed by atoms with E-state index in [0.717, 1.165) is 4.90 Å². The molecule has 1 unspecified atom stereocenters. The Morgan fingerprint density at radius 2 is 1.86 bits per heavy atom. The summed E-state index contributed by atoms with van der Waals surface area (Å²) in [6, 6.07) is 10.3. The maximum atomic E-state index is 12.8. The number of nitrogens with zero attached hydrogens (tertiary/aromatic N) is 1. The SMILES string of the molecule is CC1(c2ccco2)NC(=O)N(CC(=O)c2ccc(C3CCCCC3)cc2)C1=O. The molecule has 4 rings (SSSR count). The van der Waals surface area contributed by atoms with Gasteiger partial charge in [0.05, 0.1) is 12.8 Å². The van der Waals surface area contributed by atoms with Crippen LogP contribution in [-0.4, -0.2) is 29.2 Å². The van der Waals surface area contributed by atoms with Crippen molar-refractivity contribution in [3.05, 3.63) is 59.5 Å². The summed E-state index contributed by atoms with van der Waals surface area (Å²) in [6.45, 7) is 1.29. The molecule has 1 aromatic heterocycles. The normalized spacial score (nSPS) is 23.1. The minimum absolute atomic E-state index is 0.262. The number of carbonyl (C=O) groups excluding carboxylic acids is 3. The smallest absolute Gasteiger partial charge is 0.325 e. The van der Waals surface area contributed by atoms with Crippen molar-refractivity contribution in [2.75, 3.05) is 6.54 Å². The average Bonchev–Trinajstić information content (AvgIpc) is 3.33. The molecule has 6 heteroatoms. The number of amides is 3. The molecule has 1 aliphatic carbocycles. The lowest BCUT2D eigenvalue weighted by molar-refractivity contribution is -0.131. The first-order valence-corrected chi connectivity index (χ1v) is 9.80. The van der Waals surface area contributed by atoms with Gasteiger partial charge in [0, 0.05) is 5.56 Å².